The van der Waals surface area contributed by atoms with Gasteiger partial charge < -0.3 is 15.4 Å². The highest BCUT2D eigenvalue weighted by atomic mass is 127. The van der Waals surface area contributed by atoms with E-state index in [0.29, 0.717) is 5.56 Å². The number of hydrogen-bond acceptors (Lipinski definition) is 4. The summed E-state index contributed by atoms with van der Waals surface area (Å²) in [5.74, 6) is -1.21. The summed E-state index contributed by atoms with van der Waals surface area (Å²) in [4.78, 5) is 37.6. The average molecular weight is 621 g/mol. The zero-order chi connectivity index (χ0) is 21.1. The number of nitrogens with zero attached hydrogens (tertiary/aromatic N) is 1. The van der Waals surface area contributed by atoms with Crippen LogP contribution in [0.1, 0.15) is 5.56 Å². The number of rotatable bonds is 5. The van der Waals surface area contributed by atoms with Crippen LogP contribution in [-0.4, -0.2) is 36.4 Å². The predicted molar refractivity (Wildman–Crippen MR) is 122 cm³/mol. The van der Waals surface area contributed by atoms with Crippen LogP contribution in [0.15, 0.2) is 42.1 Å². The van der Waals surface area contributed by atoms with Gasteiger partial charge in [0.1, 0.15) is 23.8 Å². The van der Waals surface area contributed by atoms with Crippen LogP contribution in [0.2, 0.25) is 0 Å². The Hall–Kier alpha value is -2.22. The molecule has 1 heterocycles. The fraction of sp³-hybridized carbons (Fsp3) is 0.105. The van der Waals surface area contributed by atoms with E-state index in [1.807, 2.05) is 12.1 Å². The third kappa shape index (κ3) is 4.86. The molecule has 0 bridgehead atoms. The molecule has 0 saturated carbocycles. The van der Waals surface area contributed by atoms with Crippen LogP contribution in [0.3, 0.4) is 0 Å². The lowest BCUT2D eigenvalue weighted by atomic mass is 10.2. The molecule has 150 valence electrons. The van der Waals surface area contributed by atoms with Crippen LogP contribution >= 0.6 is 45.2 Å². The molecule has 0 aromatic heterocycles. The number of ether oxygens (including phenoxy) is 1. The number of carbonyl (C=O) groups excluding carboxylic acids is 3. The van der Waals surface area contributed by atoms with Crippen LogP contribution in [0.4, 0.5) is 14.9 Å². The fourth-order valence-electron chi connectivity index (χ4n) is 2.64. The predicted octanol–water partition coefficient (Wildman–Crippen LogP) is 3.57. The van der Waals surface area contributed by atoms with E-state index in [2.05, 4.69) is 55.8 Å². The van der Waals surface area contributed by atoms with E-state index in [9.17, 15) is 18.8 Å². The number of amides is 4. The Morgan fingerprint density at radius 1 is 1.24 bits per heavy atom. The van der Waals surface area contributed by atoms with Gasteiger partial charge in [0.05, 0.1) is 19.9 Å². The van der Waals surface area contributed by atoms with E-state index >= 15 is 0 Å². The van der Waals surface area contributed by atoms with Crippen LogP contribution in [0.25, 0.3) is 6.08 Å². The molecule has 2 N–H and O–H groups in total. The van der Waals surface area contributed by atoms with Gasteiger partial charge in [-0.1, -0.05) is 12.1 Å². The molecular formula is C19H14FI2N3O4. The Balaban J connectivity index is 1.75. The average Bonchev–Trinajstić information content (AvgIpc) is 2.91. The first-order valence-corrected chi connectivity index (χ1v) is 10.4. The minimum absolute atomic E-state index is 0.0253. The molecule has 2 aromatic carbocycles. The van der Waals surface area contributed by atoms with Gasteiger partial charge in [0.25, 0.3) is 5.91 Å². The molecule has 3 rings (SSSR count). The number of benzene rings is 2. The van der Waals surface area contributed by atoms with Gasteiger partial charge in [-0.3, -0.25) is 9.59 Å². The van der Waals surface area contributed by atoms with Crippen molar-refractivity contribution < 1.29 is 23.5 Å². The van der Waals surface area contributed by atoms with Gasteiger partial charge in [0, 0.05) is 0 Å². The maximum absolute atomic E-state index is 13.6. The lowest BCUT2D eigenvalue weighted by molar-refractivity contribution is -0.127. The quantitative estimate of drug-likeness (QED) is 0.304. The first-order valence-electron chi connectivity index (χ1n) is 8.22. The van der Waals surface area contributed by atoms with Crippen LogP contribution in [0, 0.1) is 13.0 Å². The summed E-state index contributed by atoms with van der Waals surface area (Å²) < 4.78 is 20.6. The first kappa shape index (κ1) is 21.5. The van der Waals surface area contributed by atoms with Gasteiger partial charge in [-0.15, -0.1) is 0 Å². The van der Waals surface area contributed by atoms with Crippen molar-refractivity contribution in [3.05, 3.63) is 60.6 Å². The van der Waals surface area contributed by atoms with E-state index < -0.39 is 30.2 Å². The van der Waals surface area contributed by atoms with Crippen molar-refractivity contribution in [2.24, 2.45) is 0 Å². The maximum atomic E-state index is 13.6. The molecule has 1 aliphatic heterocycles. The van der Waals surface area contributed by atoms with Gasteiger partial charge in [-0.05, 0) is 81.1 Å². The molecule has 0 spiro atoms. The summed E-state index contributed by atoms with van der Waals surface area (Å²) in [6.45, 7) is -0.534. The monoisotopic (exact) mass is 621 g/mol. The Labute approximate surface area is 192 Å². The lowest BCUT2D eigenvalue weighted by Gasteiger charge is -2.12. The van der Waals surface area contributed by atoms with Gasteiger partial charge >= 0.3 is 6.03 Å². The van der Waals surface area contributed by atoms with Gasteiger partial charge in [0.2, 0.25) is 5.91 Å². The number of carbonyl (C=O) groups is 3. The largest absolute Gasteiger partial charge is 0.495 e. The summed E-state index contributed by atoms with van der Waals surface area (Å²) >= 11 is 4.23. The summed E-state index contributed by atoms with van der Waals surface area (Å²) in [5.41, 5.74) is 0.717. The SMILES string of the molecule is COc1c(I)cc(/C=C2/NC(=O)N(CC(=O)Nc3ccccc3F)C2=O)cc1I. The molecule has 0 unspecified atom stereocenters. The minimum Gasteiger partial charge on any atom is -0.495 e. The lowest BCUT2D eigenvalue weighted by Crippen LogP contribution is -2.38. The first-order chi connectivity index (χ1) is 13.8. The molecule has 29 heavy (non-hydrogen) atoms. The molecule has 1 fully saturated rings. The third-order valence-corrected chi connectivity index (χ3v) is 5.55. The highest BCUT2D eigenvalue weighted by molar-refractivity contribution is 14.1. The molecule has 0 atom stereocenters. The number of nitrogens with one attached hydrogen (secondary N) is 2. The highest BCUT2D eigenvalue weighted by Crippen LogP contribution is 2.29. The second-order valence-corrected chi connectivity index (χ2v) is 8.25. The third-order valence-electron chi connectivity index (χ3n) is 3.95. The molecular weight excluding hydrogens is 607 g/mol. The van der Waals surface area contributed by atoms with E-state index in [1.54, 1.807) is 13.2 Å². The van der Waals surface area contributed by atoms with Crippen molar-refractivity contribution in [1.29, 1.82) is 0 Å². The zero-order valence-corrected chi connectivity index (χ0v) is 19.3. The summed E-state index contributed by atoms with van der Waals surface area (Å²) in [7, 11) is 1.57. The highest BCUT2D eigenvalue weighted by Gasteiger charge is 2.35. The van der Waals surface area contributed by atoms with Gasteiger partial charge in [0.15, 0.2) is 0 Å². The zero-order valence-electron chi connectivity index (χ0n) is 15.0. The Morgan fingerprint density at radius 3 is 2.52 bits per heavy atom. The number of halogens is 3. The Bertz CT molecular complexity index is 1020. The van der Waals surface area contributed by atoms with Crippen molar-refractivity contribution >= 4 is 74.8 Å². The fourth-order valence-corrected chi connectivity index (χ4v) is 4.89. The number of anilines is 1. The number of hydrogen-bond donors (Lipinski definition) is 2. The van der Waals surface area contributed by atoms with Crippen LogP contribution < -0.4 is 15.4 Å². The Morgan fingerprint density at radius 2 is 1.90 bits per heavy atom. The van der Waals surface area contributed by atoms with Crippen LogP contribution in [-0.2, 0) is 9.59 Å². The molecule has 2 aromatic rings. The van der Waals surface area contributed by atoms with E-state index in [1.165, 1.54) is 24.3 Å². The molecule has 0 radical (unpaired) electrons. The van der Waals surface area contributed by atoms with Gasteiger partial charge in [-0.25, -0.2) is 14.1 Å². The smallest absolute Gasteiger partial charge is 0.329 e. The summed E-state index contributed by atoms with van der Waals surface area (Å²) in [6.07, 6.45) is 1.53. The van der Waals surface area contributed by atoms with Crippen molar-refractivity contribution in [3.63, 3.8) is 0 Å². The van der Waals surface area contributed by atoms with Crippen molar-refractivity contribution in [3.8, 4) is 5.75 Å². The minimum atomic E-state index is -0.720. The van der Waals surface area contributed by atoms with Crippen molar-refractivity contribution in [2.45, 2.75) is 0 Å². The second-order valence-electron chi connectivity index (χ2n) is 5.93. The topological polar surface area (TPSA) is 87.7 Å². The van der Waals surface area contributed by atoms with E-state index in [4.69, 9.17) is 4.74 Å². The number of methoxy groups -OCH3 is 1. The molecule has 1 saturated heterocycles. The maximum Gasteiger partial charge on any atom is 0.329 e. The molecule has 1 aliphatic rings. The molecule has 7 nitrogen and oxygen atoms in total. The Kier molecular flexibility index (Phi) is 6.72. The van der Waals surface area contributed by atoms with Gasteiger partial charge in [-0.2, -0.15) is 0 Å². The molecule has 4 amide bonds. The molecule has 10 heteroatoms. The second kappa shape index (κ2) is 9.07. The van der Waals surface area contributed by atoms with Crippen LogP contribution in [0.5, 0.6) is 5.75 Å². The standard InChI is InChI=1S/C19H14FI2N3O4/c1-29-17-12(21)6-10(7-13(17)22)8-15-18(27)25(19(28)24-15)9-16(26)23-14-5-3-2-4-11(14)20/h2-8H,9H2,1H3,(H,23,26)(H,24,28)/b15-8+. The number of urea groups is 1. The van der Waals surface area contributed by atoms with Crippen molar-refractivity contribution in [2.75, 3.05) is 19.0 Å². The van der Waals surface area contributed by atoms with Crippen molar-refractivity contribution in [1.82, 2.24) is 10.2 Å². The van der Waals surface area contributed by atoms with E-state index in [0.717, 1.165) is 17.8 Å². The number of imide groups is 1. The summed E-state index contributed by atoms with van der Waals surface area (Å²) in [5, 5.41) is 4.81. The summed E-state index contributed by atoms with van der Waals surface area (Å²) in [6, 6.07) is 8.52. The molecule has 0 aliphatic carbocycles. The normalized spacial score (nSPS) is 14.9. The van der Waals surface area contributed by atoms with E-state index in [-0.39, 0.29) is 11.4 Å². The number of para-hydroxylation sites is 1.